The summed E-state index contributed by atoms with van der Waals surface area (Å²) >= 11 is 6.20. The van der Waals surface area contributed by atoms with E-state index in [1.165, 1.54) is 12.1 Å². The van der Waals surface area contributed by atoms with E-state index in [-0.39, 0.29) is 17.5 Å². The van der Waals surface area contributed by atoms with Crippen LogP contribution in [0.15, 0.2) is 49.0 Å². The van der Waals surface area contributed by atoms with Gasteiger partial charge in [-0.3, -0.25) is 14.9 Å². The number of hydrogen-bond acceptors (Lipinski definition) is 3. The standard InChI is InChI=1S/C18H17ClN2O3/c1-11(2)18(22)20-17-10-13(21(23)24)8-9-15(17)12(3)14-6-4-5-7-16(14)19/h4-11H,3H2,1-2H3,(H,20,22). The number of nitrogens with one attached hydrogen (secondary N) is 1. The van der Waals surface area contributed by atoms with Gasteiger partial charge in [0.25, 0.3) is 5.69 Å². The summed E-state index contributed by atoms with van der Waals surface area (Å²) in [5.74, 6) is -0.491. The van der Waals surface area contributed by atoms with Crippen LogP contribution in [0, 0.1) is 16.0 Å². The summed E-state index contributed by atoms with van der Waals surface area (Å²) in [6, 6.07) is 11.4. The molecule has 0 bridgehead atoms. The minimum Gasteiger partial charge on any atom is -0.325 e. The number of nitrogens with zero attached hydrogens (tertiary/aromatic N) is 1. The highest BCUT2D eigenvalue weighted by molar-refractivity contribution is 6.32. The zero-order chi connectivity index (χ0) is 17.9. The quantitative estimate of drug-likeness (QED) is 0.619. The van der Waals surface area contributed by atoms with Crippen LogP contribution in [-0.4, -0.2) is 10.8 Å². The summed E-state index contributed by atoms with van der Waals surface area (Å²) < 4.78 is 0. The van der Waals surface area contributed by atoms with Crippen molar-refractivity contribution >= 4 is 34.5 Å². The van der Waals surface area contributed by atoms with Crippen molar-refractivity contribution in [3.05, 3.63) is 75.3 Å². The van der Waals surface area contributed by atoms with Crippen LogP contribution < -0.4 is 5.32 Å². The predicted octanol–water partition coefficient (Wildman–Crippen LogP) is 4.90. The summed E-state index contributed by atoms with van der Waals surface area (Å²) in [6.45, 7) is 7.53. The topological polar surface area (TPSA) is 72.2 Å². The normalized spacial score (nSPS) is 10.5. The maximum atomic E-state index is 12.0. The molecule has 0 aromatic heterocycles. The van der Waals surface area contributed by atoms with Crippen LogP contribution in [0.3, 0.4) is 0 Å². The molecule has 0 spiro atoms. The Bertz CT molecular complexity index is 816. The van der Waals surface area contributed by atoms with E-state index in [1.54, 1.807) is 38.1 Å². The lowest BCUT2D eigenvalue weighted by molar-refractivity contribution is -0.384. The summed E-state index contributed by atoms with van der Waals surface area (Å²) in [6.07, 6.45) is 0. The monoisotopic (exact) mass is 344 g/mol. The molecule has 0 heterocycles. The van der Waals surface area contributed by atoms with Gasteiger partial charge in [-0.1, -0.05) is 50.2 Å². The van der Waals surface area contributed by atoms with Crippen molar-refractivity contribution in [3.63, 3.8) is 0 Å². The molecule has 2 rings (SSSR count). The lowest BCUT2D eigenvalue weighted by Crippen LogP contribution is -2.18. The highest BCUT2D eigenvalue weighted by Gasteiger charge is 2.18. The van der Waals surface area contributed by atoms with Crippen molar-refractivity contribution < 1.29 is 9.72 Å². The zero-order valence-corrected chi connectivity index (χ0v) is 14.1. The molecule has 0 atom stereocenters. The van der Waals surface area contributed by atoms with E-state index in [2.05, 4.69) is 11.9 Å². The van der Waals surface area contributed by atoms with Gasteiger partial charge in [0.05, 0.1) is 10.6 Å². The highest BCUT2D eigenvalue weighted by Crippen LogP contribution is 2.34. The number of halogens is 1. The second-order valence-corrected chi connectivity index (χ2v) is 6.00. The number of nitro groups is 1. The lowest BCUT2D eigenvalue weighted by Gasteiger charge is -2.15. The third-order valence-corrected chi connectivity index (χ3v) is 3.85. The van der Waals surface area contributed by atoms with E-state index in [1.807, 2.05) is 6.07 Å². The summed E-state index contributed by atoms with van der Waals surface area (Å²) in [7, 11) is 0. The van der Waals surface area contributed by atoms with Crippen molar-refractivity contribution in [2.45, 2.75) is 13.8 Å². The van der Waals surface area contributed by atoms with Gasteiger partial charge in [-0.2, -0.15) is 0 Å². The number of nitro benzene ring substituents is 1. The van der Waals surface area contributed by atoms with Crippen molar-refractivity contribution in [1.82, 2.24) is 0 Å². The minimum absolute atomic E-state index is 0.107. The number of amides is 1. The number of hydrogen-bond donors (Lipinski definition) is 1. The van der Waals surface area contributed by atoms with Crippen LogP contribution in [0.25, 0.3) is 5.57 Å². The van der Waals surface area contributed by atoms with Crippen LogP contribution in [-0.2, 0) is 4.79 Å². The number of carbonyl (C=O) groups is 1. The van der Waals surface area contributed by atoms with Crippen molar-refractivity contribution in [2.75, 3.05) is 5.32 Å². The average Bonchev–Trinajstić information content (AvgIpc) is 2.54. The Labute approximate surface area is 145 Å². The Kier molecular flexibility index (Phi) is 5.36. The molecule has 0 radical (unpaired) electrons. The summed E-state index contributed by atoms with van der Waals surface area (Å²) in [5.41, 5.74) is 2.10. The zero-order valence-electron chi connectivity index (χ0n) is 13.4. The Morgan fingerprint density at radius 3 is 2.46 bits per heavy atom. The Morgan fingerprint density at radius 1 is 1.21 bits per heavy atom. The summed E-state index contributed by atoms with van der Waals surface area (Å²) in [4.78, 5) is 22.6. The van der Waals surface area contributed by atoms with Crippen molar-refractivity contribution in [2.24, 2.45) is 5.92 Å². The molecule has 0 aliphatic carbocycles. The lowest BCUT2D eigenvalue weighted by atomic mass is 9.97. The number of rotatable bonds is 5. The fourth-order valence-corrected chi connectivity index (χ4v) is 2.39. The van der Waals surface area contributed by atoms with Gasteiger partial charge in [0, 0.05) is 34.2 Å². The van der Waals surface area contributed by atoms with Gasteiger partial charge < -0.3 is 5.32 Å². The second-order valence-electron chi connectivity index (χ2n) is 5.59. The predicted molar refractivity (Wildman–Crippen MR) is 96.2 cm³/mol. The Hall–Kier alpha value is -2.66. The second kappa shape index (κ2) is 7.27. The van der Waals surface area contributed by atoms with E-state index in [0.29, 0.717) is 27.4 Å². The van der Waals surface area contributed by atoms with Crippen LogP contribution in [0.2, 0.25) is 5.02 Å². The first-order valence-corrected chi connectivity index (χ1v) is 7.72. The fraction of sp³-hybridized carbons (Fsp3) is 0.167. The van der Waals surface area contributed by atoms with Crippen LogP contribution in [0.4, 0.5) is 11.4 Å². The molecule has 2 aromatic carbocycles. The molecule has 5 nitrogen and oxygen atoms in total. The van der Waals surface area contributed by atoms with E-state index >= 15 is 0 Å². The first-order valence-electron chi connectivity index (χ1n) is 7.34. The molecule has 24 heavy (non-hydrogen) atoms. The molecule has 0 aliphatic heterocycles. The van der Waals surface area contributed by atoms with Gasteiger partial charge in [-0.15, -0.1) is 0 Å². The van der Waals surface area contributed by atoms with Crippen LogP contribution >= 0.6 is 11.6 Å². The molecule has 0 aliphatic rings. The first kappa shape index (κ1) is 17.7. The third kappa shape index (κ3) is 3.81. The highest BCUT2D eigenvalue weighted by atomic mass is 35.5. The molecule has 1 N–H and O–H groups in total. The largest absolute Gasteiger partial charge is 0.325 e. The molecule has 6 heteroatoms. The maximum Gasteiger partial charge on any atom is 0.271 e. The van der Waals surface area contributed by atoms with Gasteiger partial charge in [0.2, 0.25) is 5.91 Å². The van der Waals surface area contributed by atoms with Crippen molar-refractivity contribution in [1.29, 1.82) is 0 Å². The van der Waals surface area contributed by atoms with Gasteiger partial charge in [0.1, 0.15) is 0 Å². The smallest absolute Gasteiger partial charge is 0.271 e. The van der Waals surface area contributed by atoms with Crippen LogP contribution in [0.5, 0.6) is 0 Å². The van der Waals surface area contributed by atoms with Gasteiger partial charge in [0.15, 0.2) is 0 Å². The number of carbonyl (C=O) groups excluding carboxylic acids is 1. The maximum absolute atomic E-state index is 12.0. The first-order chi connectivity index (χ1) is 11.3. The van der Waals surface area contributed by atoms with Gasteiger partial charge >= 0.3 is 0 Å². The molecule has 0 unspecified atom stereocenters. The molecule has 0 saturated heterocycles. The molecule has 124 valence electrons. The Balaban J connectivity index is 2.52. The molecule has 1 amide bonds. The molecular formula is C18H17ClN2O3. The van der Waals surface area contributed by atoms with E-state index in [0.717, 1.165) is 0 Å². The SMILES string of the molecule is C=C(c1ccccc1Cl)c1ccc([N+](=O)[O-])cc1NC(=O)C(C)C. The van der Waals surface area contributed by atoms with Crippen LogP contribution in [0.1, 0.15) is 25.0 Å². The fourth-order valence-electron chi connectivity index (χ4n) is 2.14. The number of non-ortho nitro benzene ring substituents is 1. The van der Waals surface area contributed by atoms with Crippen molar-refractivity contribution in [3.8, 4) is 0 Å². The summed E-state index contributed by atoms with van der Waals surface area (Å²) in [5, 5.41) is 14.3. The third-order valence-electron chi connectivity index (χ3n) is 3.52. The molecular weight excluding hydrogens is 328 g/mol. The van der Waals surface area contributed by atoms with E-state index < -0.39 is 4.92 Å². The van der Waals surface area contributed by atoms with Gasteiger partial charge in [-0.25, -0.2) is 0 Å². The van der Waals surface area contributed by atoms with Gasteiger partial charge in [-0.05, 0) is 17.7 Å². The number of anilines is 1. The number of benzene rings is 2. The molecule has 0 fully saturated rings. The Morgan fingerprint density at radius 2 is 1.88 bits per heavy atom. The average molecular weight is 345 g/mol. The van der Waals surface area contributed by atoms with E-state index in [9.17, 15) is 14.9 Å². The van der Waals surface area contributed by atoms with E-state index in [4.69, 9.17) is 11.6 Å². The minimum atomic E-state index is -0.507. The molecule has 0 saturated carbocycles. The molecule has 2 aromatic rings.